The minimum atomic E-state index is -0.0744. The Morgan fingerprint density at radius 1 is 1.18 bits per heavy atom. The molecule has 2 heterocycles. The zero-order chi connectivity index (χ0) is 19.3. The molecule has 1 amide bonds. The van der Waals surface area contributed by atoms with Gasteiger partial charge in [0.05, 0.1) is 17.1 Å². The van der Waals surface area contributed by atoms with Crippen LogP contribution in [-0.4, -0.2) is 24.1 Å². The van der Waals surface area contributed by atoms with E-state index in [-0.39, 0.29) is 12.3 Å². The van der Waals surface area contributed by atoms with Crippen molar-refractivity contribution in [2.24, 2.45) is 0 Å². The lowest BCUT2D eigenvalue weighted by Crippen LogP contribution is -2.15. The van der Waals surface area contributed by atoms with Crippen molar-refractivity contribution in [3.05, 3.63) is 63.6 Å². The number of anilines is 1. The second-order valence-corrected chi connectivity index (χ2v) is 8.41. The number of carbonyl (C=O) groups is 1. The molecule has 1 N–H and O–H groups in total. The van der Waals surface area contributed by atoms with Gasteiger partial charge in [-0.2, -0.15) is 0 Å². The number of amides is 1. The maximum absolute atomic E-state index is 12.2. The highest BCUT2D eigenvalue weighted by Crippen LogP contribution is 2.40. The number of thiazole rings is 1. The van der Waals surface area contributed by atoms with Gasteiger partial charge in [-0.3, -0.25) is 4.79 Å². The van der Waals surface area contributed by atoms with E-state index < -0.39 is 0 Å². The smallest absolute Gasteiger partial charge is 0.231 e. The second-order valence-electron chi connectivity index (χ2n) is 6.04. The first-order valence-electron chi connectivity index (χ1n) is 8.67. The standard InChI is InChI=1S/C20H17ClN2O3S2/c21-15-8-16-17(26-7-6-25-16)9-18(15)27-11-14-12-28-20(23-14)10-19(24)22-13-4-2-1-3-5-13/h1-5,8-9,12H,6-7,10-11H2,(H,22,24). The highest BCUT2D eigenvalue weighted by molar-refractivity contribution is 7.98. The highest BCUT2D eigenvalue weighted by atomic mass is 35.5. The molecule has 0 bridgehead atoms. The molecule has 28 heavy (non-hydrogen) atoms. The third-order valence-corrected chi connectivity index (χ3v) is 6.35. The Hall–Kier alpha value is -2.22. The minimum Gasteiger partial charge on any atom is -0.486 e. The molecule has 3 aromatic rings. The molecule has 0 atom stereocenters. The van der Waals surface area contributed by atoms with E-state index >= 15 is 0 Å². The van der Waals surface area contributed by atoms with Gasteiger partial charge in [-0.25, -0.2) is 4.98 Å². The Balaban J connectivity index is 1.34. The monoisotopic (exact) mass is 432 g/mol. The molecule has 8 heteroatoms. The summed E-state index contributed by atoms with van der Waals surface area (Å²) in [6.07, 6.45) is 0.259. The zero-order valence-electron chi connectivity index (χ0n) is 14.8. The van der Waals surface area contributed by atoms with Crippen LogP contribution in [0.15, 0.2) is 52.7 Å². The van der Waals surface area contributed by atoms with Gasteiger partial charge in [0, 0.05) is 27.8 Å². The van der Waals surface area contributed by atoms with Crippen molar-refractivity contribution in [2.75, 3.05) is 18.5 Å². The molecule has 4 rings (SSSR count). The molecule has 144 valence electrons. The number of ether oxygens (including phenoxy) is 2. The van der Waals surface area contributed by atoms with Gasteiger partial charge in [0.15, 0.2) is 11.5 Å². The van der Waals surface area contributed by atoms with Crippen LogP contribution in [0.3, 0.4) is 0 Å². The molecule has 0 aliphatic carbocycles. The molecular formula is C20H17ClN2O3S2. The van der Waals surface area contributed by atoms with Gasteiger partial charge in [0.2, 0.25) is 5.91 Å². The van der Waals surface area contributed by atoms with Crippen LogP contribution in [0.5, 0.6) is 11.5 Å². The first-order chi connectivity index (χ1) is 13.7. The van der Waals surface area contributed by atoms with Gasteiger partial charge in [-0.05, 0) is 18.2 Å². The molecule has 1 aliphatic rings. The maximum atomic E-state index is 12.2. The van der Waals surface area contributed by atoms with Crippen molar-refractivity contribution >= 4 is 46.3 Å². The third-order valence-electron chi connectivity index (χ3n) is 3.94. The fourth-order valence-corrected chi connectivity index (χ4v) is 4.72. The maximum Gasteiger partial charge on any atom is 0.231 e. The quantitative estimate of drug-likeness (QED) is 0.553. The van der Waals surface area contributed by atoms with Crippen molar-refractivity contribution in [3.8, 4) is 11.5 Å². The first-order valence-corrected chi connectivity index (χ1v) is 10.9. The lowest BCUT2D eigenvalue weighted by Gasteiger charge is -2.19. The topological polar surface area (TPSA) is 60.5 Å². The van der Waals surface area contributed by atoms with Crippen LogP contribution in [0.2, 0.25) is 5.02 Å². The van der Waals surface area contributed by atoms with Gasteiger partial charge >= 0.3 is 0 Å². The van der Waals surface area contributed by atoms with Crippen molar-refractivity contribution in [1.29, 1.82) is 0 Å². The normalized spacial score (nSPS) is 12.6. The van der Waals surface area contributed by atoms with E-state index in [0.717, 1.165) is 27.0 Å². The summed E-state index contributed by atoms with van der Waals surface area (Å²) < 4.78 is 11.2. The number of thioether (sulfide) groups is 1. The van der Waals surface area contributed by atoms with Crippen LogP contribution in [0.1, 0.15) is 10.7 Å². The number of hydrogen-bond acceptors (Lipinski definition) is 6. The molecule has 1 aliphatic heterocycles. The van der Waals surface area contributed by atoms with Crippen molar-refractivity contribution in [2.45, 2.75) is 17.1 Å². The van der Waals surface area contributed by atoms with E-state index in [1.165, 1.54) is 11.3 Å². The summed E-state index contributed by atoms with van der Waals surface area (Å²) in [5, 5.41) is 6.27. The molecule has 0 radical (unpaired) electrons. The molecular weight excluding hydrogens is 416 g/mol. The predicted octanol–water partition coefficient (Wildman–Crippen LogP) is 5.04. The van der Waals surface area contributed by atoms with Crippen molar-refractivity contribution in [1.82, 2.24) is 4.98 Å². The molecule has 5 nitrogen and oxygen atoms in total. The van der Waals surface area contributed by atoms with Gasteiger partial charge in [-0.1, -0.05) is 29.8 Å². The molecule has 0 saturated heterocycles. The van der Waals surface area contributed by atoms with Crippen LogP contribution >= 0.6 is 34.7 Å². The number of fused-ring (bicyclic) bond motifs is 1. The fourth-order valence-electron chi connectivity index (χ4n) is 2.67. The summed E-state index contributed by atoms with van der Waals surface area (Å²) in [5.74, 6) is 1.99. The Labute approximate surface area is 176 Å². The highest BCUT2D eigenvalue weighted by Gasteiger charge is 2.16. The molecule has 0 unspecified atom stereocenters. The van der Waals surface area contributed by atoms with Crippen LogP contribution in [0.25, 0.3) is 0 Å². The van der Waals surface area contributed by atoms with E-state index in [1.54, 1.807) is 17.8 Å². The Kier molecular flexibility index (Phi) is 6.04. The van der Waals surface area contributed by atoms with Gasteiger partial charge in [-0.15, -0.1) is 23.1 Å². The summed E-state index contributed by atoms with van der Waals surface area (Å²) in [6.45, 7) is 1.08. The summed E-state index contributed by atoms with van der Waals surface area (Å²) in [6, 6.07) is 13.1. The number of nitrogens with zero attached hydrogens (tertiary/aromatic N) is 1. The number of rotatable bonds is 6. The third kappa shape index (κ3) is 4.79. The average Bonchev–Trinajstić information content (AvgIpc) is 3.14. The van der Waals surface area contributed by atoms with Crippen molar-refractivity contribution in [3.63, 3.8) is 0 Å². The van der Waals surface area contributed by atoms with Gasteiger partial charge in [0.1, 0.15) is 18.2 Å². The van der Waals surface area contributed by atoms with E-state index in [2.05, 4.69) is 10.3 Å². The molecule has 1 aromatic heterocycles. The van der Waals surface area contributed by atoms with Gasteiger partial charge in [0.25, 0.3) is 0 Å². The van der Waals surface area contributed by atoms with E-state index in [1.807, 2.05) is 41.8 Å². The predicted molar refractivity (Wildman–Crippen MR) is 113 cm³/mol. The number of hydrogen-bond donors (Lipinski definition) is 1. The molecule has 0 spiro atoms. The minimum absolute atomic E-state index is 0.0744. The number of nitrogens with one attached hydrogen (secondary N) is 1. The van der Waals surface area contributed by atoms with E-state index in [9.17, 15) is 4.79 Å². The lowest BCUT2D eigenvalue weighted by molar-refractivity contribution is -0.115. The first kappa shape index (κ1) is 19.1. The number of halogens is 1. The summed E-state index contributed by atoms with van der Waals surface area (Å²) in [5.41, 5.74) is 1.71. The summed E-state index contributed by atoms with van der Waals surface area (Å²) in [7, 11) is 0. The number of aromatic nitrogens is 1. The van der Waals surface area contributed by atoms with Crippen molar-refractivity contribution < 1.29 is 14.3 Å². The number of carbonyl (C=O) groups excluding carboxylic acids is 1. The molecule has 0 saturated carbocycles. The van der Waals surface area contributed by atoms with Crippen LogP contribution in [0, 0.1) is 0 Å². The van der Waals surface area contributed by atoms with Crippen LogP contribution < -0.4 is 14.8 Å². The Bertz CT molecular complexity index is 979. The number of benzene rings is 2. The zero-order valence-corrected chi connectivity index (χ0v) is 17.2. The fraction of sp³-hybridized carbons (Fsp3) is 0.200. The SMILES string of the molecule is O=C(Cc1nc(CSc2cc3c(cc2Cl)OCCO3)cs1)Nc1ccccc1. The Morgan fingerprint density at radius 3 is 2.71 bits per heavy atom. The molecule has 2 aromatic carbocycles. The average molecular weight is 433 g/mol. The van der Waals surface area contributed by atoms with Crippen LogP contribution in [0.4, 0.5) is 5.69 Å². The second kappa shape index (κ2) is 8.86. The van der Waals surface area contributed by atoms with E-state index in [4.69, 9.17) is 21.1 Å². The Morgan fingerprint density at radius 2 is 1.93 bits per heavy atom. The molecule has 0 fully saturated rings. The number of para-hydroxylation sites is 1. The summed E-state index contributed by atoms with van der Waals surface area (Å²) >= 11 is 9.42. The largest absolute Gasteiger partial charge is 0.486 e. The van der Waals surface area contributed by atoms with E-state index in [0.29, 0.717) is 29.7 Å². The lowest BCUT2D eigenvalue weighted by atomic mass is 10.3. The van der Waals surface area contributed by atoms with Crippen LogP contribution in [-0.2, 0) is 17.0 Å². The summed E-state index contributed by atoms with van der Waals surface area (Å²) in [4.78, 5) is 17.6. The van der Waals surface area contributed by atoms with Gasteiger partial charge < -0.3 is 14.8 Å².